The number of para-hydroxylation sites is 1. The van der Waals surface area contributed by atoms with Gasteiger partial charge in [0.1, 0.15) is 5.75 Å². The average molecular weight is 485 g/mol. The van der Waals surface area contributed by atoms with Gasteiger partial charge in [-0.3, -0.25) is 14.2 Å². The van der Waals surface area contributed by atoms with Gasteiger partial charge in [0.25, 0.3) is 5.56 Å². The van der Waals surface area contributed by atoms with Gasteiger partial charge in [-0.15, -0.1) is 0 Å². The van der Waals surface area contributed by atoms with Crippen LogP contribution in [0.3, 0.4) is 0 Å². The molecule has 0 saturated heterocycles. The van der Waals surface area contributed by atoms with Crippen LogP contribution in [0.2, 0.25) is 0 Å². The molecule has 2 aromatic heterocycles. The molecule has 36 heavy (non-hydrogen) atoms. The molecule has 2 aromatic carbocycles. The molecule has 0 radical (unpaired) electrons. The molecule has 0 unspecified atom stereocenters. The molecule has 0 aliphatic heterocycles. The Bertz CT molecular complexity index is 1480. The number of nitrogens with zero attached hydrogens (tertiary/aromatic N) is 2. The predicted octanol–water partition coefficient (Wildman–Crippen LogP) is 4.89. The number of methoxy groups -OCH3 is 1. The number of hydrogen-bond donors (Lipinski definition) is 2. The number of aryl methyl sites for hydroxylation is 1. The van der Waals surface area contributed by atoms with Crippen LogP contribution in [0.4, 0.5) is 0 Å². The highest BCUT2D eigenvalue weighted by atomic mass is 16.5. The molecule has 1 fully saturated rings. The first-order valence-electron chi connectivity index (χ1n) is 13.0. The number of carbonyl (C=O) groups excluding carboxylic acids is 1. The molecule has 1 amide bonds. The van der Waals surface area contributed by atoms with Crippen molar-refractivity contribution in [3.8, 4) is 5.75 Å². The highest BCUT2D eigenvalue weighted by Gasteiger charge is 2.31. The van der Waals surface area contributed by atoms with Gasteiger partial charge in [-0.2, -0.15) is 0 Å². The molecule has 7 nitrogen and oxygen atoms in total. The van der Waals surface area contributed by atoms with Crippen molar-refractivity contribution in [3.63, 3.8) is 0 Å². The number of amides is 1. The molecule has 2 aliphatic rings. The second kappa shape index (κ2) is 9.45. The van der Waals surface area contributed by atoms with Crippen molar-refractivity contribution in [1.29, 1.82) is 0 Å². The van der Waals surface area contributed by atoms with Crippen molar-refractivity contribution in [2.45, 2.75) is 57.5 Å². The zero-order chi connectivity index (χ0) is 24.6. The topological polar surface area (TPSA) is 89.0 Å². The Balaban J connectivity index is 1.10. The lowest BCUT2D eigenvalue weighted by Gasteiger charge is -2.30. The van der Waals surface area contributed by atoms with E-state index in [-0.39, 0.29) is 23.4 Å². The number of H-pyrrole nitrogens is 1. The first kappa shape index (κ1) is 22.8. The monoisotopic (exact) mass is 484 g/mol. The molecule has 1 saturated carbocycles. The van der Waals surface area contributed by atoms with Gasteiger partial charge >= 0.3 is 0 Å². The lowest BCUT2D eigenvalue weighted by molar-refractivity contribution is -0.127. The Morgan fingerprint density at radius 3 is 2.78 bits per heavy atom. The fourth-order valence-corrected chi connectivity index (χ4v) is 6.12. The summed E-state index contributed by atoms with van der Waals surface area (Å²) < 4.78 is 7.16. The number of aromatic nitrogens is 3. The second-order valence-corrected chi connectivity index (χ2v) is 10.3. The zero-order valence-corrected chi connectivity index (χ0v) is 20.6. The van der Waals surface area contributed by atoms with Crippen LogP contribution in [0.25, 0.3) is 21.8 Å². The molecule has 1 atom stereocenters. The molecule has 0 bridgehead atoms. The van der Waals surface area contributed by atoms with Crippen molar-refractivity contribution >= 4 is 27.7 Å². The maximum absolute atomic E-state index is 13.2. The van der Waals surface area contributed by atoms with E-state index in [1.54, 1.807) is 18.0 Å². The van der Waals surface area contributed by atoms with Gasteiger partial charge < -0.3 is 15.0 Å². The van der Waals surface area contributed by atoms with Gasteiger partial charge in [0.15, 0.2) is 0 Å². The summed E-state index contributed by atoms with van der Waals surface area (Å²) >= 11 is 0. The summed E-state index contributed by atoms with van der Waals surface area (Å²) in [6, 6.07) is 13.6. The smallest absolute Gasteiger partial charge is 0.261 e. The zero-order valence-electron chi connectivity index (χ0n) is 20.6. The summed E-state index contributed by atoms with van der Waals surface area (Å²) in [5.74, 6) is 1.43. The van der Waals surface area contributed by atoms with Crippen molar-refractivity contribution < 1.29 is 9.53 Å². The highest BCUT2D eigenvalue weighted by molar-refractivity contribution is 5.87. The molecule has 2 heterocycles. The van der Waals surface area contributed by atoms with Crippen molar-refractivity contribution in [2.75, 3.05) is 7.11 Å². The van der Waals surface area contributed by atoms with E-state index in [0.29, 0.717) is 17.8 Å². The second-order valence-electron chi connectivity index (χ2n) is 10.3. The number of fused-ring (bicyclic) bond motifs is 4. The van der Waals surface area contributed by atoms with Crippen LogP contribution < -0.4 is 15.6 Å². The fraction of sp³-hybridized carbons (Fsp3) is 0.414. The number of hydrogen-bond acceptors (Lipinski definition) is 4. The Hall–Kier alpha value is -3.61. The molecule has 0 spiro atoms. The minimum Gasteiger partial charge on any atom is -0.497 e. The van der Waals surface area contributed by atoms with E-state index < -0.39 is 0 Å². The first-order chi connectivity index (χ1) is 17.6. The molecular weight excluding hydrogens is 452 g/mol. The standard InChI is InChI=1S/C29H32N4O3/c1-36-20-13-14-25-23(15-20)21-6-4-8-26(27(21)31-25)32-28(34)19-11-9-18(10-12-19)16-33-17-30-24-7-3-2-5-22(24)29(33)35/h2-3,5,7,13-15,17-19,26,31H,4,6,8-12,16H2,1H3,(H,32,34)/t18?,19?,26-/m0/s1. The average Bonchev–Trinajstić information content (AvgIpc) is 3.30. The third-order valence-electron chi connectivity index (χ3n) is 8.13. The largest absolute Gasteiger partial charge is 0.497 e. The maximum atomic E-state index is 13.2. The third-order valence-corrected chi connectivity index (χ3v) is 8.13. The number of benzene rings is 2. The molecule has 186 valence electrons. The number of rotatable bonds is 5. The SMILES string of the molecule is COc1ccc2[nH]c3c(c2c1)CCC[C@@H]3NC(=O)C1CCC(Cn2cnc3ccccc3c2=O)CC1. The van der Waals surface area contributed by atoms with Gasteiger partial charge in [-0.1, -0.05) is 12.1 Å². The van der Waals surface area contributed by atoms with Gasteiger partial charge in [0.05, 0.1) is 30.4 Å². The first-order valence-corrected chi connectivity index (χ1v) is 13.0. The summed E-state index contributed by atoms with van der Waals surface area (Å²) in [7, 11) is 1.69. The maximum Gasteiger partial charge on any atom is 0.261 e. The Labute approximate surface area is 209 Å². The summed E-state index contributed by atoms with van der Waals surface area (Å²) in [6.07, 6.45) is 8.30. The lowest BCUT2D eigenvalue weighted by Crippen LogP contribution is -2.37. The minimum absolute atomic E-state index is 0.0181. The van der Waals surface area contributed by atoms with Crippen molar-refractivity contribution in [2.24, 2.45) is 11.8 Å². The van der Waals surface area contributed by atoms with E-state index in [0.717, 1.165) is 67.4 Å². The van der Waals surface area contributed by atoms with E-state index in [4.69, 9.17) is 4.74 Å². The van der Waals surface area contributed by atoms with E-state index in [9.17, 15) is 9.59 Å². The van der Waals surface area contributed by atoms with Crippen LogP contribution in [-0.4, -0.2) is 27.6 Å². The van der Waals surface area contributed by atoms with Gasteiger partial charge in [-0.25, -0.2) is 4.98 Å². The molecule has 6 rings (SSSR count). The van der Waals surface area contributed by atoms with Crippen LogP contribution in [0.15, 0.2) is 53.6 Å². The van der Waals surface area contributed by atoms with Crippen LogP contribution in [-0.2, 0) is 17.8 Å². The van der Waals surface area contributed by atoms with Crippen LogP contribution >= 0.6 is 0 Å². The van der Waals surface area contributed by atoms with Crippen molar-refractivity contribution in [1.82, 2.24) is 19.9 Å². The van der Waals surface area contributed by atoms with Crippen LogP contribution in [0.1, 0.15) is 55.8 Å². The van der Waals surface area contributed by atoms with E-state index in [1.807, 2.05) is 30.3 Å². The number of carbonyl (C=O) groups is 1. The summed E-state index contributed by atoms with van der Waals surface area (Å²) in [5.41, 5.74) is 4.30. The van der Waals surface area contributed by atoms with Crippen LogP contribution in [0.5, 0.6) is 5.75 Å². The van der Waals surface area contributed by atoms with Gasteiger partial charge in [0, 0.05) is 29.1 Å². The molecular formula is C29H32N4O3. The number of aromatic amines is 1. The summed E-state index contributed by atoms with van der Waals surface area (Å²) in [6.45, 7) is 0.662. The lowest BCUT2D eigenvalue weighted by atomic mass is 9.81. The highest BCUT2D eigenvalue weighted by Crippen LogP contribution is 2.37. The Kier molecular flexibility index (Phi) is 5.99. The van der Waals surface area contributed by atoms with Gasteiger partial charge in [0.2, 0.25) is 5.91 Å². The van der Waals surface area contributed by atoms with E-state index in [1.165, 1.54) is 10.9 Å². The fourth-order valence-electron chi connectivity index (χ4n) is 6.12. The Morgan fingerprint density at radius 2 is 1.94 bits per heavy atom. The van der Waals surface area contributed by atoms with Crippen molar-refractivity contribution in [3.05, 3.63) is 70.4 Å². The van der Waals surface area contributed by atoms with Gasteiger partial charge in [-0.05, 0) is 86.8 Å². The number of ether oxygens (including phenoxy) is 1. The number of nitrogens with one attached hydrogen (secondary N) is 2. The normalized spacial score (nSPS) is 21.9. The molecule has 4 aromatic rings. The summed E-state index contributed by atoms with van der Waals surface area (Å²) in [4.78, 5) is 34.1. The molecule has 2 N–H and O–H groups in total. The molecule has 7 heteroatoms. The quantitative estimate of drug-likeness (QED) is 0.422. The third kappa shape index (κ3) is 4.16. The molecule has 2 aliphatic carbocycles. The van der Waals surface area contributed by atoms with E-state index >= 15 is 0 Å². The summed E-state index contributed by atoms with van der Waals surface area (Å²) in [5, 5.41) is 5.22. The predicted molar refractivity (Wildman–Crippen MR) is 140 cm³/mol. The Morgan fingerprint density at radius 1 is 1.11 bits per heavy atom. The van der Waals surface area contributed by atoms with E-state index in [2.05, 4.69) is 27.4 Å². The minimum atomic E-state index is 0.0181. The van der Waals surface area contributed by atoms with Crippen LogP contribution in [0, 0.1) is 11.8 Å².